The summed E-state index contributed by atoms with van der Waals surface area (Å²) < 4.78 is 5.07. The molecule has 1 fully saturated rings. The van der Waals surface area contributed by atoms with Crippen molar-refractivity contribution in [1.82, 2.24) is 5.32 Å². The van der Waals surface area contributed by atoms with E-state index >= 15 is 0 Å². The minimum atomic E-state index is -0.508. The molecular weight excluding hydrogens is 170 g/mol. The van der Waals surface area contributed by atoms with Gasteiger partial charge in [0.15, 0.2) is 0 Å². The van der Waals surface area contributed by atoms with Gasteiger partial charge in [0, 0.05) is 7.11 Å². The molecule has 0 bridgehead atoms. The maximum atomic E-state index is 11.0. The summed E-state index contributed by atoms with van der Waals surface area (Å²) in [6, 6.07) is -0.346. The number of aliphatic imine (C=N–C) groups is 1. The van der Waals surface area contributed by atoms with Crippen LogP contribution in [0.25, 0.3) is 0 Å². The van der Waals surface area contributed by atoms with Gasteiger partial charge < -0.3 is 15.8 Å². The number of hydrogen-bond donors (Lipinski definition) is 2. The number of amides is 2. The van der Waals surface area contributed by atoms with Crippen LogP contribution in [0.1, 0.15) is 12.8 Å². The second-order valence-electron chi connectivity index (χ2n) is 3.61. The largest absolute Gasteiger partial charge is 0.385 e. The lowest BCUT2D eigenvalue weighted by atomic mass is 9.94. The number of hydrogen-bond acceptors (Lipinski definition) is 3. The van der Waals surface area contributed by atoms with E-state index in [9.17, 15) is 4.79 Å². The standard InChI is InChI=1S/C8H13N3O2/c1-13-4-8(5-2-3-5)6(9)10-7(12)11-8/h5H,2-4H2,1H3,(H3,9,10,11,12). The van der Waals surface area contributed by atoms with Gasteiger partial charge in [0.05, 0.1) is 6.61 Å². The Kier molecular flexibility index (Phi) is 1.76. The van der Waals surface area contributed by atoms with E-state index in [1.54, 1.807) is 7.11 Å². The van der Waals surface area contributed by atoms with Gasteiger partial charge in [0.2, 0.25) is 0 Å². The highest BCUT2D eigenvalue weighted by molar-refractivity contribution is 6.06. The fraction of sp³-hybridized carbons (Fsp3) is 0.750. The van der Waals surface area contributed by atoms with Crippen molar-refractivity contribution in [2.45, 2.75) is 18.4 Å². The molecule has 3 N–H and O–H groups in total. The third-order valence-corrected chi connectivity index (χ3v) is 2.66. The zero-order valence-electron chi connectivity index (χ0n) is 7.54. The first kappa shape index (κ1) is 8.50. The number of nitrogens with zero attached hydrogens (tertiary/aromatic N) is 1. The van der Waals surface area contributed by atoms with E-state index in [0.29, 0.717) is 18.4 Å². The van der Waals surface area contributed by atoms with Crippen molar-refractivity contribution in [2.75, 3.05) is 13.7 Å². The summed E-state index contributed by atoms with van der Waals surface area (Å²) >= 11 is 0. The van der Waals surface area contributed by atoms with Crippen LogP contribution < -0.4 is 11.1 Å². The fourth-order valence-electron chi connectivity index (χ4n) is 1.83. The number of rotatable bonds is 3. The second kappa shape index (κ2) is 2.70. The van der Waals surface area contributed by atoms with E-state index in [1.165, 1.54) is 0 Å². The molecule has 1 heterocycles. The van der Waals surface area contributed by atoms with Crippen LogP contribution in [-0.2, 0) is 4.74 Å². The normalized spacial score (nSPS) is 33.0. The number of nitrogens with one attached hydrogen (secondary N) is 1. The number of methoxy groups -OCH3 is 1. The summed E-state index contributed by atoms with van der Waals surface area (Å²) in [6.45, 7) is 0.415. The summed E-state index contributed by atoms with van der Waals surface area (Å²) in [7, 11) is 1.60. The van der Waals surface area contributed by atoms with Crippen LogP contribution in [-0.4, -0.2) is 31.1 Å². The van der Waals surface area contributed by atoms with Gasteiger partial charge >= 0.3 is 6.03 Å². The van der Waals surface area contributed by atoms with E-state index in [-0.39, 0.29) is 6.03 Å². The number of carbonyl (C=O) groups is 1. The molecule has 72 valence electrons. The SMILES string of the molecule is COCC1(C2CC2)NC(=O)N=C1N. The Hall–Kier alpha value is -1.10. The number of nitrogens with two attached hydrogens (primary N) is 1. The topological polar surface area (TPSA) is 76.7 Å². The van der Waals surface area contributed by atoms with Crippen molar-refractivity contribution >= 4 is 11.9 Å². The lowest BCUT2D eigenvalue weighted by molar-refractivity contribution is 0.139. The number of carbonyl (C=O) groups excluding carboxylic acids is 1. The molecule has 1 aliphatic heterocycles. The minimum Gasteiger partial charge on any atom is -0.385 e. The molecule has 1 unspecified atom stereocenters. The highest BCUT2D eigenvalue weighted by atomic mass is 16.5. The van der Waals surface area contributed by atoms with E-state index < -0.39 is 5.54 Å². The third kappa shape index (κ3) is 1.19. The molecule has 2 amide bonds. The molecule has 0 saturated heterocycles. The van der Waals surface area contributed by atoms with Crippen LogP contribution in [0.3, 0.4) is 0 Å². The molecule has 5 nitrogen and oxygen atoms in total. The van der Waals surface area contributed by atoms with E-state index in [4.69, 9.17) is 10.5 Å². The smallest absolute Gasteiger partial charge is 0.343 e. The number of urea groups is 1. The predicted octanol–water partition coefficient (Wildman–Crippen LogP) is -0.138. The molecule has 0 aromatic carbocycles. The predicted molar refractivity (Wildman–Crippen MR) is 47.5 cm³/mol. The van der Waals surface area contributed by atoms with E-state index in [1.807, 2.05) is 0 Å². The summed E-state index contributed by atoms with van der Waals surface area (Å²) in [4.78, 5) is 14.7. The van der Waals surface area contributed by atoms with Crippen molar-refractivity contribution < 1.29 is 9.53 Å². The number of ether oxygens (including phenoxy) is 1. The average molecular weight is 183 g/mol. The molecule has 2 rings (SSSR count). The van der Waals surface area contributed by atoms with Crippen LogP contribution in [0.5, 0.6) is 0 Å². The van der Waals surface area contributed by atoms with Gasteiger partial charge in [-0.1, -0.05) is 0 Å². The molecule has 1 atom stereocenters. The first-order valence-corrected chi connectivity index (χ1v) is 4.35. The molecular formula is C8H13N3O2. The molecule has 5 heteroatoms. The summed E-state index contributed by atoms with van der Waals surface area (Å²) in [5.74, 6) is 0.782. The first-order chi connectivity index (χ1) is 6.19. The van der Waals surface area contributed by atoms with Gasteiger partial charge in [0.25, 0.3) is 0 Å². The van der Waals surface area contributed by atoms with Crippen LogP contribution in [0.2, 0.25) is 0 Å². The van der Waals surface area contributed by atoms with Crippen molar-refractivity contribution in [3.63, 3.8) is 0 Å². The Balaban J connectivity index is 2.23. The zero-order valence-corrected chi connectivity index (χ0v) is 7.54. The molecule has 0 spiro atoms. The monoisotopic (exact) mass is 183 g/mol. The Morgan fingerprint density at radius 1 is 1.77 bits per heavy atom. The second-order valence-corrected chi connectivity index (χ2v) is 3.61. The van der Waals surface area contributed by atoms with Gasteiger partial charge in [-0.2, -0.15) is 4.99 Å². The molecule has 0 aromatic heterocycles. The Morgan fingerprint density at radius 2 is 2.46 bits per heavy atom. The van der Waals surface area contributed by atoms with Crippen LogP contribution in [0.4, 0.5) is 4.79 Å². The van der Waals surface area contributed by atoms with Gasteiger partial charge in [0.1, 0.15) is 11.4 Å². The van der Waals surface area contributed by atoms with Crippen molar-refractivity contribution in [2.24, 2.45) is 16.6 Å². The molecule has 0 aromatic rings. The van der Waals surface area contributed by atoms with Crippen LogP contribution >= 0.6 is 0 Å². The number of amidine groups is 1. The van der Waals surface area contributed by atoms with Crippen LogP contribution in [0.15, 0.2) is 4.99 Å². The summed E-state index contributed by atoms with van der Waals surface area (Å²) in [5.41, 5.74) is 5.21. The Morgan fingerprint density at radius 3 is 2.85 bits per heavy atom. The van der Waals surface area contributed by atoms with Crippen molar-refractivity contribution in [3.05, 3.63) is 0 Å². The maximum Gasteiger partial charge on any atom is 0.343 e. The van der Waals surface area contributed by atoms with E-state index in [2.05, 4.69) is 10.3 Å². The van der Waals surface area contributed by atoms with Crippen molar-refractivity contribution in [3.8, 4) is 0 Å². The molecule has 2 aliphatic rings. The fourth-order valence-corrected chi connectivity index (χ4v) is 1.83. The van der Waals surface area contributed by atoms with Gasteiger partial charge in [-0.15, -0.1) is 0 Å². The highest BCUT2D eigenvalue weighted by Crippen LogP contribution is 2.41. The molecule has 1 aliphatic carbocycles. The van der Waals surface area contributed by atoms with Crippen LogP contribution in [0, 0.1) is 5.92 Å². The van der Waals surface area contributed by atoms with E-state index in [0.717, 1.165) is 12.8 Å². The van der Waals surface area contributed by atoms with Crippen molar-refractivity contribution in [1.29, 1.82) is 0 Å². The lowest BCUT2D eigenvalue weighted by Gasteiger charge is -2.27. The third-order valence-electron chi connectivity index (χ3n) is 2.66. The molecule has 1 saturated carbocycles. The Bertz CT molecular complexity index is 273. The van der Waals surface area contributed by atoms with Gasteiger partial charge in [-0.05, 0) is 18.8 Å². The highest BCUT2D eigenvalue weighted by Gasteiger charge is 2.52. The molecule has 0 radical (unpaired) electrons. The summed E-state index contributed by atoms with van der Waals surface area (Å²) in [5, 5.41) is 2.79. The minimum absolute atomic E-state index is 0.346. The van der Waals surface area contributed by atoms with Gasteiger partial charge in [-0.3, -0.25) is 0 Å². The quantitative estimate of drug-likeness (QED) is 0.639. The van der Waals surface area contributed by atoms with Gasteiger partial charge in [-0.25, -0.2) is 4.79 Å². The lowest BCUT2D eigenvalue weighted by Crippen LogP contribution is -2.56. The zero-order chi connectivity index (χ0) is 9.47. The summed E-state index contributed by atoms with van der Waals surface area (Å²) in [6.07, 6.45) is 2.17. The first-order valence-electron chi connectivity index (χ1n) is 4.35. The molecule has 13 heavy (non-hydrogen) atoms. The average Bonchev–Trinajstić information content (AvgIpc) is 2.82. The maximum absolute atomic E-state index is 11.0. The Labute approximate surface area is 76.3 Å².